The van der Waals surface area contributed by atoms with Gasteiger partial charge in [0.05, 0.1) is 43.3 Å². The normalized spacial score (nSPS) is 11.9. The van der Waals surface area contributed by atoms with Crippen LogP contribution in [0.1, 0.15) is 19.0 Å². The van der Waals surface area contributed by atoms with Gasteiger partial charge >= 0.3 is 5.97 Å². The standard InChI is InChI=1S/C20H33N3O5Si/c1-6-28-19(24)7-9-26-10-8-22-16(2)13-17-18(22)14-21-23(20(17)25)15-27-11-12-29(3,4)5/h13-14H,6-12,15H2,1-5H3. The Morgan fingerprint density at radius 2 is 1.93 bits per heavy atom. The summed E-state index contributed by atoms with van der Waals surface area (Å²) in [6.45, 7) is 13.1. The Hall–Kier alpha value is -1.97. The molecule has 29 heavy (non-hydrogen) atoms. The molecule has 0 aliphatic rings. The largest absolute Gasteiger partial charge is 0.466 e. The van der Waals surface area contributed by atoms with Crippen LogP contribution < -0.4 is 5.56 Å². The van der Waals surface area contributed by atoms with Crippen molar-refractivity contribution in [2.45, 2.75) is 59.2 Å². The minimum atomic E-state index is -1.16. The van der Waals surface area contributed by atoms with Crippen molar-refractivity contribution in [1.29, 1.82) is 0 Å². The van der Waals surface area contributed by atoms with Crippen molar-refractivity contribution >= 4 is 24.9 Å². The van der Waals surface area contributed by atoms with E-state index >= 15 is 0 Å². The van der Waals surface area contributed by atoms with E-state index in [0.717, 1.165) is 17.3 Å². The van der Waals surface area contributed by atoms with E-state index in [1.165, 1.54) is 4.68 Å². The van der Waals surface area contributed by atoms with Gasteiger partial charge in [-0.2, -0.15) is 5.10 Å². The summed E-state index contributed by atoms with van der Waals surface area (Å²) in [7, 11) is -1.16. The fourth-order valence-corrected chi connectivity index (χ4v) is 3.64. The number of esters is 1. The monoisotopic (exact) mass is 423 g/mol. The molecule has 8 nitrogen and oxygen atoms in total. The summed E-state index contributed by atoms with van der Waals surface area (Å²) in [4.78, 5) is 24.0. The first-order valence-electron chi connectivity index (χ1n) is 10.1. The van der Waals surface area contributed by atoms with E-state index in [1.54, 1.807) is 13.1 Å². The zero-order valence-electron chi connectivity index (χ0n) is 18.2. The number of fused-ring (bicyclic) bond motifs is 1. The first-order chi connectivity index (χ1) is 13.7. The quantitative estimate of drug-likeness (QED) is 0.296. The lowest BCUT2D eigenvalue weighted by atomic mass is 10.3. The van der Waals surface area contributed by atoms with Crippen LogP contribution in [0.4, 0.5) is 0 Å². The third-order valence-corrected chi connectivity index (χ3v) is 6.26. The van der Waals surface area contributed by atoms with Gasteiger partial charge in [0, 0.05) is 26.9 Å². The summed E-state index contributed by atoms with van der Waals surface area (Å²) in [6.07, 6.45) is 1.94. The van der Waals surface area contributed by atoms with E-state index < -0.39 is 8.07 Å². The molecule has 162 valence electrons. The van der Waals surface area contributed by atoms with Crippen LogP contribution in [-0.4, -0.2) is 54.8 Å². The molecule has 2 heterocycles. The van der Waals surface area contributed by atoms with Crippen LogP contribution >= 0.6 is 0 Å². The minimum Gasteiger partial charge on any atom is -0.466 e. The van der Waals surface area contributed by atoms with Crippen LogP contribution in [0.3, 0.4) is 0 Å². The molecule has 9 heteroatoms. The number of ether oxygens (including phenoxy) is 3. The van der Waals surface area contributed by atoms with Crippen LogP contribution in [-0.2, 0) is 32.3 Å². The van der Waals surface area contributed by atoms with Gasteiger partial charge in [-0.25, -0.2) is 4.68 Å². The second-order valence-corrected chi connectivity index (χ2v) is 13.8. The number of carbonyl (C=O) groups excluding carboxylic acids is 1. The van der Waals surface area contributed by atoms with Gasteiger partial charge in [0.1, 0.15) is 6.73 Å². The Morgan fingerprint density at radius 1 is 1.17 bits per heavy atom. The fraction of sp³-hybridized carbons (Fsp3) is 0.650. The van der Waals surface area contributed by atoms with Crippen molar-refractivity contribution in [3.63, 3.8) is 0 Å². The van der Waals surface area contributed by atoms with Crippen LogP contribution in [0.2, 0.25) is 25.7 Å². The summed E-state index contributed by atoms with van der Waals surface area (Å²) in [5.41, 5.74) is 1.59. The third kappa shape index (κ3) is 7.09. The van der Waals surface area contributed by atoms with Crippen molar-refractivity contribution in [3.05, 3.63) is 28.3 Å². The molecular weight excluding hydrogens is 390 g/mol. The molecule has 0 spiro atoms. The molecule has 0 fully saturated rings. The Labute approximate surface area is 172 Å². The van der Waals surface area contributed by atoms with Crippen molar-refractivity contribution < 1.29 is 19.0 Å². The summed E-state index contributed by atoms with van der Waals surface area (Å²) in [5.74, 6) is -0.257. The van der Waals surface area contributed by atoms with Gasteiger partial charge in [-0.1, -0.05) is 19.6 Å². The smallest absolute Gasteiger partial charge is 0.308 e. The molecule has 0 unspecified atom stereocenters. The van der Waals surface area contributed by atoms with Gasteiger partial charge in [-0.05, 0) is 26.0 Å². The molecule has 0 saturated carbocycles. The Bertz CT molecular complexity index is 869. The van der Waals surface area contributed by atoms with Gasteiger partial charge in [0.25, 0.3) is 5.56 Å². The van der Waals surface area contributed by atoms with E-state index in [2.05, 4.69) is 24.7 Å². The zero-order chi connectivity index (χ0) is 21.4. The molecule has 0 N–H and O–H groups in total. The van der Waals surface area contributed by atoms with E-state index in [9.17, 15) is 9.59 Å². The zero-order valence-corrected chi connectivity index (χ0v) is 19.2. The Morgan fingerprint density at radius 3 is 2.62 bits per heavy atom. The molecule has 0 saturated heterocycles. The van der Waals surface area contributed by atoms with Crippen LogP contribution in [0.25, 0.3) is 10.9 Å². The summed E-state index contributed by atoms with van der Waals surface area (Å²) in [6, 6.07) is 2.92. The topological polar surface area (TPSA) is 84.6 Å². The average molecular weight is 424 g/mol. The number of carbonyl (C=O) groups is 1. The molecule has 0 radical (unpaired) electrons. The number of aromatic nitrogens is 3. The maximum absolute atomic E-state index is 12.7. The molecule has 0 aliphatic heterocycles. The Balaban J connectivity index is 1.94. The number of hydrogen-bond donors (Lipinski definition) is 0. The van der Waals surface area contributed by atoms with E-state index in [4.69, 9.17) is 14.2 Å². The molecular formula is C20H33N3O5Si. The van der Waals surface area contributed by atoms with Crippen molar-refractivity contribution in [1.82, 2.24) is 14.3 Å². The number of rotatable bonds is 12. The van der Waals surface area contributed by atoms with Crippen molar-refractivity contribution in [2.24, 2.45) is 0 Å². The SMILES string of the molecule is CCOC(=O)CCOCCn1c(C)cc2c(=O)n(COCC[Si](C)(C)C)ncc21. The number of nitrogens with zero attached hydrogens (tertiary/aromatic N) is 3. The van der Waals surface area contributed by atoms with E-state index in [-0.39, 0.29) is 24.7 Å². The molecule has 0 amide bonds. The highest BCUT2D eigenvalue weighted by Gasteiger charge is 2.14. The third-order valence-electron chi connectivity index (χ3n) is 4.56. The second kappa shape index (κ2) is 10.7. The van der Waals surface area contributed by atoms with Crippen LogP contribution in [0, 0.1) is 6.92 Å². The summed E-state index contributed by atoms with van der Waals surface area (Å²) < 4.78 is 19.4. The van der Waals surface area contributed by atoms with E-state index in [1.807, 2.05) is 17.6 Å². The first kappa shape index (κ1) is 23.3. The lowest BCUT2D eigenvalue weighted by Gasteiger charge is -2.15. The van der Waals surface area contributed by atoms with Gasteiger partial charge < -0.3 is 18.8 Å². The predicted molar refractivity (Wildman–Crippen MR) is 115 cm³/mol. The van der Waals surface area contributed by atoms with Crippen molar-refractivity contribution in [3.8, 4) is 0 Å². The van der Waals surface area contributed by atoms with Crippen LogP contribution in [0.15, 0.2) is 17.1 Å². The van der Waals surface area contributed by atoms with Gasteiger partial charge in [-0.3, -0.25) is 9.59 Å². The Kier molecular flexibility index (Phi) is 8.60. The second-order valence-electron chi connectivity index (χ2n) is 8.20. The highest BCUT2D eigenvalue weighted by atomic mass is 28.3. The highest BCUT2D eigenvalue weighted by Crippen LogP contribution is 2.15. The predicted octanol–water partition coefficient (Wildman–Crippen LogP) is 2.79. The lowest BCUT2D eigenvalue weighted by Crippen LogP contribution is -2.26. The van der Waals surface area contributed by atoms with Gasteiger partial charge in [0.15, 0.2) is 0 Å². The lowest BCUT2D eigenvalue weighted by molar-refractivity contribution is -0.144. The number of hydrogen-bond acceptors (Lipinski definition) is 6. The van der Waals surface area contributed by atoms with Crippen LogP contribution in [0.5, 0.6) is 0 Å². The summed E-state index contributed by atoms with van der Waals surface area (Å²) in [5, 5.41) is 4.89. The molecule has 0 atom stereocenters. The van der Waals surface area contributed by atoms with Gasteiger partial charge in [-0.15, -0.1) is 0 Å². The molecule has 0 aromatic carbocycles. The van der Waals surface area contributed by atoms with Gasteiger partial charge in [0.2, 0.25) is 0 Å². The van der Waals surface area contributed by atoms with E-state index in [0.29, 0.717) is 38.4 Å². The molecule has 0 aliphatic carbocycles. The fourth-order valence-electron chi connectivity index (χ4n) is 2.89. The molecule has 2 rings (SSSR count). The molecule has 2 aromatic heterocycles. The number of aryl methyl sites for hydroxylation is 1. The van der Waals surface area contributed by atoms with Crippen molar-refractivity contribution in [2.75, 3.05) is 26.4 Å². The molecule has 0 bridgehead atoms. The first-order valence-corrected chi connectivity index (χ1v) is 13.8. The maximum atomic E-state index is 12.7. The highest BCUT2D eigenvalue weighted by molar-refractivity contribution is 6.76. The minimum absolute atomic E-state index is 0.152. The average Bonchev–Trinajstić information content (AvgIpc) is 2.96. The maximum Gasteiger partial charge on any atom is 0.308 e. The summed E-state index contributed by atoms with van der Waals surface area (Å²) >= 11 is 0. The molecule has 2 aromatic rings.